The molecule has 0 radical (unpaired) electrons. The molecule has 1 amide bonds. The predicted molar refractivity (Wildman–Crippen MR) is 70.0 cm³/mol. The summed E-state index contributed by atoms with van der Waals surface area (Å²) in [6.45, 7) is 2.50. The Balaban J connectivity index is 1.97. The Morgan fingerprint density at radius 1 is 1.32 bits per heavy atom. The van der Waals surface area contributed by atoms with Crippen LogP contribution in [0, 0.1) is 6.92 Å². The number of fused-ring (bicyclic) bond motifs is 1. The molecule has 1 unspecified atom stereocenters. The topological polar surface area (TPSA) is 62.5 Å². The van der Waals surface area contributed by atoms with Crippen molar-refractivity contribution in [2.24, 2.45) is 0 Å². The molecule has 0 saturated heterocycles. The number of hydrogen-bond donors (Lipinski definition) is 2. The second kappa shape index (κ2) is 4.55. The maximum absolute atomic E-state index is 11.8. The Hall–Kier alpha value is -2.07. The first-order valence-corrected chi connectivity index (χ1v) is 6.30. The molecule has 3 rings (SSSR count). The van der Waals surface area contributed by atoms with Crippen molar-refractivity contribution in [3.8, 4) is 0 Å². The molecule has 0 fully saturated rings. The maximum atomic E-state index is 11.8. The predicted octanol–water partition coefficient (Wildman–Crippen LogP) is 1.96. The molecule has 1 atom stereocenters. The van der Waals surface area contributed by atoms with Gasteiger partial charge in [-0.1, -0.05) is 12.1 Å². The summed E-state index contributed by atoms with van der Waals surface area (Å²) in [5.41, 5.74) is 2.34. The summed E-state index contributed by atoms with van der Waals surface area (Å²) in [6.07, 6.45) is -0.00848. The first-order valence-electron chi connectivity index (χ1n) is 6.30. The third-order valence-corrected chi connectivity index (χ3v) is 3.40. The number of benzene rings is 1. The van der Waals surface area contributed by atoms with E-state index in [1.807, 2.05) is 25.1 Å². The molecule has 0 bridgehead atoms. The second-order valence-electron chi connectivity index (χ2n) is 4.77. The van der Waals surface area contributed by atoms with Crippen LogP contribution in [-0.4, -0.2) is 17.6 Å². The van der Waals surface area contributed by atoms with Crippen LogP contribution in [0.2, 0.25) is 0 Å². The SMILES string of the molecule is Cc1ccc(C(O)c2ccc3c(c2)C(=O)NCC3)o1. The molecule has 2 aromatic rings. The summed E-state index contributed by atoms with van der Waals surface area (Å²) in [4.78, 5) is 11.8. The van der Waals surface area contributed by atoms with Crippen LogP contribution in [0.15, 0.2) is 34.7 Å². The van der Waals surface area contributed by atoms with Crippen molar-refractivity contribution in [3.05, 3.63) is 58.5 Å². The van der Waals surface area contributed by atoms with Crippen molar-refractivity contribution >= 4 is 5.91 Å². The van der Waals surface area contributed by atoms with E-state index in [1.165, 1.54) is 0 Å². The third kappa shape index (κ3) is 2.15. The highest BCUT2D eigenvalue weighted by Gasteiger charge is 2.20. The van der Waals surface area contributed by atoms with Crippen LogP contribution < -0.4 is 5.32 Å². The Labute approximate surface area is 111 Å². The summed E-state index contributed by atoms with van der Waals surface area (Å²) >= 11 is 0. The summed E-state index contributed by atoms with van der Waals surface area (Å²) in [5, 5.41) is 13.1. The molecule has 1 aliphatic heterocycles. The van der Waals surface area contributed by atoms with E-state index < -0.39 is 6.10 Å². The number of aryl methyl sites for hydroxylation is 1. The number of hydrogen-bond acceptors (Lipinski definition) is 3. The number of carbonyl (C=O) groups excluding carboxylic acids is 1. The van der Waals surface area contributed by atoms with Gasteiger partial charge in [-0.25, -0.2) is 0 Å². The van der Waals surface area contributed by atoms with Crippen molar-refractivity contribution in [1.82, 2.24) is 5.32 Å². The first kappa shape index (κ1) is 12.0. The van der Waals surface area contributed by atoms with Crippen molar-refractivity contribution < 1.29 is 14.3 Å². The minimum atomic E-state index is -0.839. The van der Waals surface area contributed by atoms with Crippen LogP contribution in [0.3, 0.4) is 0 Å². The smallest absolute Gasteiger partial charge is 0.251 e. The lowest BCUT2D eigenvalue weighted by atomic mass is 9.95. The molecular formula is C15H15NO3. The summed E-state index contributed by atoms with van der Waals surface area (Å²) in [5.74, 6) is 1.17. The third-order valence-electron chi connectivity index (χ3n) is 3.40. The summed E-state index contributed by atoms with van der Waals surface area (Å²) in [7, 11) is 0. The lowest BCUT2D eigenvalue weighted by molar-refractivity contribution is 0.0945. The molecular weight excluding hydrogens is 242 g/mol. The van der Waals surface area contributed by atoms with Crippen LogP contribution >= 0.6 is 0 Å². The van der Waals surface area contributed by atoms with Gasteiger partial charge in [-0.15, -0.1) is 0 Å². The zero-order valence-electron chi connectivity index (χ0n) is 10.6. The van der Waals surface area contributed by atoms with Crippen molar-refractivity contribution in [2.75, 3.05) is 6.54 Å². The number of furan rings is 1. The molecule has 98 valence electrons. The molecule has 4 nitrogen and oxygen atoms in total. The van der Waals surface area contributed by atoms with Crippen LogP contribution in [-0.2, 0) is 6.42 Å². The van der Waals surface area contributed by atoms with Gasteiger partial charge in [0, 0.05) is 12.1 Å². The Kier molecular flexibility index (Phi) is 2.87. The van der Waals surface area contributed by atoms with Gasteiger partial charge >= 0.3 is 0 Å². The number of aliphatic hydroxyl groups is 1. The van der Waals surface area contributed by atoms with Crippen LogP contribution in [0.4, 0.5) is 0 Å². The van der Waals surface area contributed by atoms with Gasteiger partial charge in [-0.3, -0.25) is 4.79 Å². The highest BCUT2D eigenvalue weighted by Crippen LogP contribution is 2.26. The maximum Gasteiger partial charge on any atom is 0.251 e. The summed E-state index contributed by atoms with van der Waals surface area (Å²) < 4.78 is 5.42. The monoisotopic (exact) mass is 257 g/mol. The van der Waals surface area contributed by atoms with E-state index in [0.717, 1.165) is 17.7 Å². The molecule has 1 aromatic heterocycles. The summed E-state index contributed by atoms with van der Waals surface area (Å²) in [6, 6.07) is 9.05. The van der Waals surface area contributed by atoms with Crippen LogP contribution in [0.5, 0.6) is 0 Å². The highest BCUT2D eigenvalue weighted by atomic mass is 16.4. The van der Waals surface area contributed by atoms with E-state index in [4.69, 9.17) is 4.42 Å². The number of amides is 1. The molecule has 2 heterocycles. The largest absolute Gasteiger partial charge is 0.463 e. The van der Waals surface area contributed by atoms with Crippen molar-refractivity contribution in [2.45, 2.75) is 19.4 Å². The molecule has 0 saturated carbocycles. The zero-order valence-corrected chi connectivity index (χ0v) is 10.6. The van der Waals surface area contributed by atoms with Gasteiger partial charge in [0.05, 0.1) is 0 Å². The second-order valence-corrected chi connectivity index (χ2v) is 4.77. The van der Waals surface area contributed by atoms with Gasteiger partial charge < -0.3 is 14.8 Å². The molecule has 19 heavy (non-hydrogen) atoms. The lowest BCUT2D eigenvalue weighted by Crippen LogP contribution is -2.31. The van der Waals surface area contributed by atoms with Crippen molar-refractivity contribution in [3.63, 3.8) is 0 Å². The highest BCUT2D eigenvalue weighted by molar-refractivity contribution is 5.96. The first-order chi connectivity index (χ1) is 9.15. The lowest BCUT2D eigenvalue weighted by Gasteiger charge is -2.18. The van der Waals surface area contributed by atoms with E-state index in [2.05, 4.69) is 5.32 Å². The Bertz CT molecular complexity index is 630. The molecule has 0 spiro atoms. The van der Waals surface area contributed by atoms with Gasteiger partial charge in [0.2, 0.25) is 0 Å². The van der Waals surface area contributed by atoms with Gasteiger partial charge in [0.25, 0.3) is 5.91 Å². The fourth-order valence-corrected chi connectivity index (χ4v) is 2.36. The number of aliphatic hydroxyl groups excluding tert-OH is 1. The fraction of sp³-hybridized carbons (Fsp3) is 0.267. The van der Waals surface area contributed by atoms with E-state index in [1.54, 1.807) is 12.1 Å². The number of carbonyl (C=O) groups is 1. The average molecular weight is 257 g/mol. The van der Waals surface area contributed by atoms with Gasteiger partial charge in [0.1, 0.15) is 17.6 Å². The van der Waals surface area contributed by atoms with Crippen molar-refractivity contribution in [1.29, 1.82) is 0 Å². The van der Waals surface area contributed by atoms with Gasteiger partial charge in [0.15, 0.2) is 0 Å². The average Bonchev–Trinajstić information content (AvgIpc) is 2.85. The Morgan fingerprint density at radius 3 is 2.89 bits per heavy atom. The number of nitrogens with one attached hydrogen (secondary N) is 1. The number of rotatable bonds is 2. The zero-order chi connectivity index (χ0) is 13.4. The van der Waals surface area contributed by atoms with E-state index in [0.29, 0.717) is 23.4 Å². The normalized spacial score (nSPS) is 15.8. The minimum absolute atomic E-state index is 0.0778. The molecule has 0 aliphatic carbocycles. The molecule has 1 aromatic carbocycles. The fourth-order valence-electron chi connectivity index (χ4n) is 2.36. The van der Waals surface area contributed by atoms with Crippen LogP contribution in [0.25, 0.3) is 0 Å². The molecule has 4 heteroatoms. The van der Waals surface area contributed by atoms with E-state index >= 15 is 0 Å². The van der Waals surface area contributed by atoms with E-state index in [-0.39, 0.29) is 5.91 Å². The minimum Gasteiger partial charge on any atom is -0.463 e. The Morgan fingerprint density at radius 2 is 2.16 bits per heavy atom. The van der Waals surface area contributed by atoms with E-state index in [9.17, 15) is 9.90 Å². The van der Waals surface area contributed by atoms with Crippen LogP contribution in [0.1, 0.15) is 39.1 Å². The quantitative estimate of drug-likeness (QED) is 0.864. The molecule has 1 aliphatic rings. The van der Waals surface area contributed by atoms with Gasteiger partial charge in [-0.2, -0.15) is 0 Å². The van der Waals surface area contributed by atoms with Gasteiger partial charge in [-0.05, 0) is 42.7 Å². The standard InChI is InChI=1S/C15H15NO3/c1-9-2-5-13(19-9)14(17)11-4-3-10-6-7-16-15(18)12(10)8-11/h2-5,8,14,17H,6-7H2,1H3,(H,16,18). The molecule has 2 N–H and O–H groups in total.